The van der Waals surface area contributed by atoms with Crippen LogP contribution in [0.3, 0.4) is 0 Å². The lowest BCUT2D eigenvalue weighted by atomic mass is 10.2. The summed E-state index contributed by atoms with van der Waals surface area (Å²) in [5, 5.41) is 6.10. The molecule has 0 unspecified atom stereocenters. The maximum atomic E-state index is 11.4. The third-order valence-electron chi connectivity index (χ3n) is 4.90. The van der Waals surface area contributed by atoms with Gasteiger partial charge in [0.05, 0.1) is 13.2 Å². The van der Waals surface area contributed by atoms with Gasteiger partial charge in [-0.25, -0.2) is 0 Å². The Kier molecular flexibility index (Phi) is 23.1. The van der Waals surface area contributed by atoms with Crippen molar-refractivity contribution in [3.8, 4) is 0 Å². The van der Waals surface area contributed by atoms with Gasteiger partial charge in [-0.15, -0.1) is 0 Å². The van der Waals surface area contributed by atoms with Crippen molar-refractivity contribution in [2.75, 3.05) is 78.6 Å². The Morgan fingerprint density at radius 1 is 0.600 bits per heavy atom. The monoisotopic (exact) mass is 498 g/mol. The maximum Gasteiger partial charge on any atom is 0.305 e. The Bertz CT molecular complexity index is 574. The predicted molar refractivity (Wildman–Crippen MR) is 139 cm³/mol. The Morgan fingerprint density at radius 3 is 1.34 bits per heavy atom. The number of hydrogen-bond acceptors (Lipinski definition) is 9. The number of esters is 2. The SMILES string of the molecule is CNc1ccc(NC)cc1.COCCCCCC(=O)OCCOCCOC(=O)CCCCCOC. The van der Waals surface area contributed by atoms with E-state index in [0.29, 0.717) is 26.1 Å². The molecule has 0 aliphatic carbocycles. The lowest BCUT2D eigenvalue weighted by molar-refractivity contribution is -0.146. The molecule has 0 aromatic heterocycles. The number of methoxy groups -OCH3 is 2. The molecule has 202 valence electrons. The number of carbonyl (C=O) groups is 2. The summed E-state index contributed by atoms with van der Waals surface area (Å²) in [5.41, 5.74) is 2.28. The largest absolute Gasteiger partial charge is 0.463 e. The first-order chi connectivity index (χ1) is 17.1. The van der Waals surface area contributed by atoms with Crippen molar-refractivity contribution < 1.29 is 33.3 Å². The summed E-state index contributed by atoms with van der Waals surface area (Å²) in [5.74, 6) is -0.415. The van der Waals surface area contributed by atoms with E-state index in [2.05, 4.69) is 10.6 Å². The zero-order chi connectivity index (χ0) is 26.0. The molecule has 0 heterocycles. The van der Waals surface area contributed by atoms with Crippen molar-refractivity contribution >= 4 is 23.3 Å². The van der Waals surface area contributed by atoms with Gasteiger partial charge in [-0.1, -0.05) is 12.8 Å². The van der Waals surface area contributed by atoms with E-state index in [0.717, 1.165) is 63.1 Å². The molecule has 0 atom stereocenters. The second-order valence-electron chi connectivity index (χ2n) is 7.74. The van der Waals surface area contributed by atoms with Gasteiger partial charge in [-0.2, -0.15) is 0 Å². The smallest absolute Gasteiger partial charge is 0.305 e. The van der Waals surface area contributed by atoms with Crippen LogP contribution in [0.2, 0.25) is 0 Å². The summed E-state index contributed by atoms with van der Waals surface area (Å²) in [4.78, 5) is 22.9. The summed E-state index contributed by atoms with van der Waals surface area (Å²) in [7, 11) is 7.15. The molecule has 1 aromatic carbocycles. The van der Waals surface area contributed by atoms with Crippen LogP contribution >= 0.6 is 0 Å². The van der Waals surface area contributed by atoms with Gasteiger partial charge in [0.15, 0.2) is 0 Å². The van der Waals surface area contributed by atoms with Crippen LogP contribution in [0.5, 0.6) is 0 Å². The fourth-order valence-corrected chi connectivity index (χ4v) is 2.86. The van der Waals surface area contributed by atoms with E-state index >= 15 is 0 Å². The van der Waals surface area contributed by atoms with E-state index in [4.69, 9.17) is 23.7 Å². The molecule has 0 saturated carbocycles. The highest BCUT2D eigenvalue weighted by molar-refractivity contribution is 5.69. The van der Waals surface area contributed by atoms with Gasteiger partial charge in [0, 0.05) is 65.7 Å². The van der Waals surface area contributed by atoms with Crippen molar-refractivity contribution in [2.45, 2.75) is 51.4 Å². The van der Waals surface area contributed by atoms with Gasteiger partial charge in [-0.3, -0.25) is 9.59 Å². The van der Waals surface area contributed by atoms with Gasteiger partial charge >= 0.3 is 11.9 Å². The van der Waals surface area contributed by atoms with Gasteiger partial charge in [0.2, 0.25) is 0 Å². The average molecular weight is 499 g/mol. The van der Waals surface area contributed by atoms with Crippen molar-refractivity contribution in [1.82, 2.24) is 0 Å². The first-order valence-corrected chi connectivity index (χ1v) is 12.4. The number of unbranched alkanes of at least 4 members (excludes halogenated alkanes) is 4. The molecule has 9 nitrogen and oxygen atoms in total. The standard InChI is InChI=1S/C18H34O7.C8H12N2/c1-21-11-7-3-5-9-17(19)24-15-13-23-14-16-25-18(20)10-6-4-8-12-22-2;1-9-7-3-5-8(10-2)6-4-7/h3-16H2,1-2H3;3-6,9-10H,1-2H3. The summed E-state index contributed by atoms with van der Waals surface area (Å²) < 4.78 is 25.2. The topological polar surface area (TPSA) is 104 Å². The second-order valence-corrected chi connectivity index (χ2v) is 7.74. The Balaban J connectivity index is 0.000000952. The normalized spacial score (nSPS) is 10.2. The van der Waals surface area contributed by atoms with Gasteiger partial charge in [0.1, 0.15) is 13.2 Å². The predicted octanol–water partition coefficient (Wildman–Crippen LogP) is 4.27. The number of nitrogens with one attached hydrogen (secondary N) is 2. The fraction of sp³-hybridized carbons (Fsp3) is 0.692. The van der Waals surface area contributed by atoms with E-state index in [9.17, 15) is 9.59 Å². The molecular weight excluding hydrogens is 452 g/mol. The average Bonchev–Trinajstić information content (AvgIpc) is 2.88. The van der Waals surface area contributed by atoms with Crippen LogP contribution in [0.15, 0.2) is 24.3 Å². The zero-order valence-corrected chi connectivity index (χ0v) is 22.1. The third kappa shape index (κ3) is 21.9. The molecule has 1 rings (SSSR count). The van der Waals surface area contributed by atoms with Crippen LogP contribution in [-0.4, -0.2) is 79.9 Å². The lowest BCUT2D eigenvalue weighted by Crippen LogP contribution is -2.14. The van der Waals surface area contributed by atoms with E-state index in [1.165, 1.54) is 0 Å². The summed E-state index contributed by atoms with van der Waals surface area (Å²) in [6.45, 7) is 2.52. The van der Waals surface area contributed by atoms with Gasteiger partial charge < -0.3 is 34.3 Å². The second kappa shape index (κ2) is 24.8. The number of benzene rings is 1. The van der Waals surface area contributed by atoms with Crippen molar-refractivity contribution in [3.05, 3.63) is 24.3 Å². The van der Waals surface area contributed by atoms with Crippen molar-refractivity contribution in [1.29, 1.82) is 0 Å². The van der Waals surface area contributed by atoms with Crippen LogP contribution < -0.4 is 10.6 Å². The Morgan fingerprint density at radius 2 is 1.00 bits per heavy atom. The molecule has 9 heteroatoms. The van der Waals surface area contributed by atoms with Gasteiger partial charge in [0.25, 0.3) is 0 Å². The molecule has 2 N–H and O–H groups in total. The molecule has 0 aliphatic rings. The molecule has 1 aromatic rings. The van der Waals surface area contributed by atoms with E-state index in [-0.39, 0.29) is 25.2 Å². The number of anilines is 2. The van der Waals surface area contributed by atoms with Gasteiger partial charge in [-0.05, 0) is 49.9 Å². The minimum Gasteiger partial charge on any atom is -0.463 e. The highest BCUT2D eigenvalue weighted by atomic mass is 16.6. The molecule has 35 heavy (non-hydrogen) atoms. The molecule has 0 fully saturated rings. The van der Waals surface area contributed by atoms with E-state index < -0.39 is 0 Å². The minimum absolute atomic E-state index is 0.207. The number of carbonyl (C=O) groups excluding carboxylic acids is 2. The van der Waals surface area contributed by atoms with Crippen LogP contribution in [0.1, 0.15) is 51.4 Å². The molecule has 0 aliphatic heterocycles. The first kappa shape index (κ1) is 32.6. The highest BCUT2D eigenvalue weighted by Crippen LogP contribution is 2.11. The fourth-order valence-electron chi connectivity index (χ4n) is 2.86. The van der Waals surface area contributed by atoms with Crippen molar-refractivity contribution in [3.63, 3.8) is 0 Å². The Labute approximate surface area is 211 Å². The van der Waals surface area contributed by atoms with Crippen LogP contribution in [-0.2, 0) is 33.3 Å². The van der Waals surface area contributed by atoms with E-state index in [1.807, 2.05) is 38.4 Å². The molecule has 0 saturated heterocycles. The molecule has 0 amide bonds. The third-order valence-corrected chi connectivity index (χ3v) is 4.90. The molecular formula is C26H46N2O7. The highest BCUT2D eigenvalue weighted by Gasteiger charge is 2.04. The van der Waals surface area contributed by atoms with E-state index in [1.54, 1.807) is 14.2 Å². The quantitative estimate of drug-likeness (QED) is 0.201. The number of hydrogen-bond donors (Lipinski definition) is 2. The van der Waals surface area contributed by atoms with Crippen LogP contribution in [0.25, 0.3) is 0 Å². The summed E-state index contributed by atoms with van der Waals surface area (Å²) >= 11 is 0. The number of ether oxygens (including phenoxy) is 5. The maximum absolute atomic E-state index is 11.4. The summed E-state index contributed by atoms with van der Waals surface area (Å²) in [6, 6.07) is 8.13. The van der Waals surface area contributed by atoms with Crippen LogP contribution in [0, 0.1) is 0 Å². The minimum atomic E-state index is -0.207. The molecule has 0 radical (unpaired) electrons. The van der Waals surface area contributed by atoms with Crippen molar-refractivity contribution in [2.24, 2.45) is 0 Å². The number of rotatable bonds is 20. The summed E-state index contributed by atoms with van der Waals surface area (Å²) in [6.07, 6.45) is 6.29. The van der Waals surface area contributed by atoms with Crippen LogP contribution in [0.4, 0.5) is 11.4 Å². The Hall–Kier alpha value is -2.36. The lowest BCUT2D eigenvalue weighted by Gasteiger charge is -2.07. The zero-order valence-electron chi connectivity index (χ0n) is 22.1. The first-order valence-electron chi connectivity index (χ1n) is 12.4. The molecule has 0 spiro atoms. The molecule has 0 bridgehead atoms.